The average molecular weight is 219 g/mol. The van der Waals surface area contributed by atoms with Gasteiger partial charge in [0.25, 0.3) is 0 Å². The highest BCUT2D eigenvalue weighted by atomic mass is 16.5. The van der Waals surface area contributed by atoms with Gasteiger partial charge < -0.3 is 14.5 Å². The van der Waals surface area contributed by atoms with Crippen LogP contribution in [0.15, 0.2) is 12.1 Å². The molecule has 0 unspecified atom stereocenters. The predicted molar refractivity (Wildman–Crippen MR) is 61.5 cm³/mol. The quantitative estimate of drug-likeness (QED) is 0.806. The van der Waals surface area contributed by atoms with Crippen molar-refractivity contribution < 1.29 is 14.3 Å². The molecule has 0 fully saturated rings. The molecule has 84 valence electrons. The first kappa shape index (κ1) is 10.5. The number of nitrogens with one attached hydrogen (secondary N) is 1. The Morgan fingerprint density at radius 1 is 1.19 bits per heavy atom. The van der Waals surface area contributed by atoms with Crippen LogP contribution in [-0.2, 0) is 0 Å². The molecule has 0 saturated carbocycles. The number of H-pyrrole nitrogens is 1. The van der Waals surface area contributed by atoms with Crippen molar-refractivity contribution in [3.8, 4) is 11.5 Å². The zero-order valence-electron chi connectivity index (χ0n) is 9.46. The first-order valence-corrected chi connectivity index (χ1v) is 4.90. The molecule has 0 bridgehead atoms. The lowest BCUT2D eigenvalue weighted by Crippen LogP contribution is -1.94. The lowest BCUT2D eigenvalue weighted by atomic mass is 10.1. The average Bonchev–Trinajstić information content (AvgIpc) is 2.67. The molecular weight excluding hydrogens is 206 g/mol. The minimum atomic E-state index is 0.515. The number of benzene rings is 1. The number of rotatable bonds is 3. The van der Waals surface area contributed by atoms with E-state index in [0.29, 0.717) is 17.1 Å². The summed E-state index contributed by atoms with van der Waals surface area (Å²) in [5, 5.41) is 0.892. The van der Waals surface area contributed by atoms with Gasteiger partial charge in [-0.3, -0.25) is 4.79 Å². The number of aryl methyl sites for hydroxylation is 1. The van der Waals surface area contributed by atoms with Gasteiger partial charge in [-0.05, 0) is 13.0 Å². The summed E-state index contributed by atoms with van der Waals surface area (Å²) in [6, 6.07) is 3.67. The van der Waals surface area contributed by atoms with Crippen LogP contribution >= 0.6 is 0 Å². The van der Waals surface area contributed by atoms with Crippen LogP contribution in [0.5, 0.6) is 11.5 Å². The van der Waals surface area contributed by atoms with E-state index in [2.05, 4.69) is 4.98 Å². The van der Waals surface area contributed by atoms with E-state index >= 15 is 0 Å². The first-order valence-electron chi connectivity index (χ1n) is 4.90. The molecule has 1 heterocycles. The molecule has 0 aliphatic carbocycles. The number of fused-ring (bicyclic) bond motifs is 1. The Kier molecular flexibility index (Phi) is 2.56. The predicted octanol–water partition coefficient (Wildman–Crippen LogP) is 2.31. The maximum atomic E-state index is 11.1. The standard InChI is InChI=1S/C12H13NO3/c1-7-4-8-10(15-2)5-11(16-3)9(6-14)12(8)13-7/h4-6,13H,1-3H3. The molecule has 4 heteroatoms. The van der Waals surface area contributed by atoms with E-state index in [4.69, 9.17) is 9.47 Å². The van der Waals surface area contributed by atoms with Gasteiger partial charge in [0, 0.05) is 17.1 Å². The van der Waals surface area contributed by atoms with Crippen molar-refractivity contribution in [2.24, 2.45) is 0 Å². The van der Waals surface area contributed by atoms with Gasteiger partial charge in [-0.2, -0.15) is 0 Å². The van der Waals surface area contributed by atoms with Crippen LogP contribution < -0.4 is 9.47 Å². The number of ether oxygens (including phenoxy) is 2. The third kappa shape index (κ3) is 1.43. The summed E-state index contributed by atoms with van der Waals surface area (Å²) < 4.78 is 10.4. The van der Waals surface area contributed by atoms with Gasteiger partial charge in [-0.25, -0.2) is 0 Å². The van der Waals surface area contributed by atoms with Gasteiger partial charge in [0.05, 0.1) is 25.3 Å². The van der Waals surface area contributed by atoms with E-state index in [1.807, 2.05) is 13.0 Å². The Hall–Kier alpha value is -1.97. The minimum Gasteiger partial charge on any atom is -0.496 e. The molecule has 0 aliphatic heterocycles. The third-order valence-electron chi connectivity index (χ3n) is 2.57. The number of hydrogen-bond acceptors (Lipinski definition) is 3. The van der Waals surface area contributed by atoms with Crippen LogP contribution in [-0.4, -0.2) is 25.5 Å². The second-order valence-electron chi connectivity index (χ2n) is 3.55. The lowest BCUT2D eigenvalue weighted by Gasteiger charge is -2.08. The van der Waals surface area contributed by atoms with E-state index in [9.17, 15) is 4.79 Å². The van der Waals surface area contributed by atoms with E-state index in [1.54, 1.807) is 13.2 Å². The number of carbonyl (C=O) groups is 1. The minimum absolute atomic E-state index is 0.515. The molecule has 1 N–H and O–H groups in total. The summed E-state index contributed by atoms with van der Waals surface area (Å²) in [7, 11) is 3.13. The van der Waals surface area contributed by atoms with Crippen LogP contribution in [0, 0.1) is 6.92 Å². The van der Waals surface area contributed by atoms with Gasteiger partial charge >= 0.3 is 0 Å². The molecular formula is C12H13NO3. The zero-order valence-corrected chi connectivity index (χ0v) is 9.46. The molecule has 0 spiro atoms. The van der Waals surface area contributed by atoms with Gasteiger partial charge in [-0.1, -0.05) is 0 Å². The fraction of sp³-hybridized carbons (Fsp3) is 0.250. The van der Waals surface area contributed by atoms with Crippen molar-refractivity contribution in [2.45, 2.75) is 6.92 Å². The second kappa shape index (κ2) is 3.89. The van der Waals surface area contributed by atoms with E-state index in [1.165, 1.54) is 7.11 Å². The lowest BCUT2D eigenvalue weighted by molar-refractivity contribution is 0.112. The van der Waals surface area contributed by atoms with E-state index in [-0.39, 0.29) is 0 Å². The van der Waals surface area contributed by atoms with Gasteiger partial charge in [-0.15, -0.1) is 0 Å². The highest BCUT2D eigenvalue weighted by Crippen LogP contribution is 2.34. The summed E-state index contributed by atoms with van der Waals surface area (Å²) in [6.07, 6.45) is 0.788. The molecule has 0 aliphatic rings. The number of aromatic amines is 1. The maximum Gasteiger partial charge on any atom is 0.155 e. The monoisotopic (exact) mass is 219 g/mol. The van der Waals surface area contributed by atoms with Crippen molar-refractivity contribution in [3.05, 3.63) is 23.4 Å². The Balaban J connectivity index is 2.87. The Labute approximate surface area is 93.2 Å². The third-order valence-corrected chi connectivity index (χ3v) is 2.57. The Morgan fingerprint density at radius 3 is 2.44 bits per heavy atom. The van der Waals surface area contributed by atoms with Gasteiger partial charge in [0.2, 0.25) is 0 Å². The molecule has 0 amide bonds. The van der Waals surface area contributed by atoms with Crippen LogP contribution in [0.2, 0.25) is 0 Å². The fourth-order valence-corrected chi connectivity index (χ4v) is 1.85. The van der Waals surface area contributed by atoms with Crippen LogP contribution in [0.3, 0.4) is 0 Å². The molecule has 16 heavy (non-hydrogen) atoms. The van der Waals surface area contributed by atoms with Gasteiger partial charge in [0.1, 0.15) is 11.5 Å². The van der Waals surface area contributed by atoms with Crippen molar-refractivity contribution in [2.75, 3.05) is 14.2 Å². The Bertz CT molecular complexity index is 543. The van der Waals surface area contributed by atoms with Crippen LogP contribution in [0.25, 0.3) is 10.9 Å². The molecule has 1 aromatic heterocycles. The Morgan fingerprint density at radius 2 is 1.88 bits per heavy atom. The SMILES string of the molecule is COc1cc(OC)c2cc(C)[nH]c2c1C=O. The first-order chi connectivity index (χ1) is 7.71. The van der Waals surface area contributed by atoms with Crippen molar-refractivity contribution >= 4 is 17.2 Å². The number of aromatic nitrogens is 1. The van der Waals surface area contributed by atoms with Crippen LogP contribution in [0.4, 0.5) is 0 Å². The topological polar surface area (TPSA) is 51.3 Å². The fourth-order valence-electron chi connectivity index (χ4n) is 1.85. The highest BCUT2D eigenvalue weighted by Gasteiger charge is 2.14. The zero-order chi connectivity index (χ0) is 11.7. The molecule has 0 radical (unpaired) electrons. The number of aldehydes is 1. The van der Waals surface area contributed by atoms with Crippen LogP contribution in [0.1, 0.15) is 16.1 Å². The molecule has 2 aromatic rings. The molecule has 1 aromatic carbocycles. The summed E-state index contributed by atoms with van der Waals surface area (Å²) in [4.78, 5) is 14.2. The van der Waals surface area contributed by atoms with Crippen molar-refractivity contribution in [1.29, 1.82) is 0 Å². The summed E-state index contributed by atoms with van der Waals surface area (Å²) in [5.74, 6) is 1.21. The van der Waals surface area contributed by atoms with E-state index < -0.39 is 0 Å². The maximum absolute atomic E-state index is 11.1. The molecule has 4 nitrogen and oxygen atoms in total. The normalized spacial score (nSPS) is 10.4. The second-order valence-corrected chi connectivity index (χ2v) is 3.55. The van der Waals surface area contributed by atoms with E-state index in [0.717, 1.165) is 22.9 Å². The number of carbonyl (C=O) groups excluding carboxylic acids is 1. The molecule has 0 atom stereocenters. The smallest absolute Gasteiger partial charge is 0.155 e. The number of hydrogen-bond donors (Lipinski definition) is 1. The largest absolute Gasteiger partial charge is 0.496 e. The highest BCUT2D eigenvalue weighted by molar-refractivity contribution is 6.02. The van der Waals surface area contributed by atoms with Crippen molar-refractivity contribution in [3.63, 3.8) is 0 Å². The van der Waals surface area contributed by atoms with Gasteiger partial charge in [0.15, 0.2) is 6.29 Å². The summed E-state index contributed by atoms with van der Waals surface area (Å²) >= 11 is 0. The van der Waals surface area contributed by atoms with Crippen molar-refractivity contribution in [1.82, 2.24) is 4.98 Å². The summed E-state index contributed by atoms with van der Waals surface area (Å²) in [5.41, 5.74) is 2.25. The molecule has 0 saturated heterocycles. The molecule has 2 rings (SSSR count). The summed E-state index contributed by atoms with van der Waals surface area (Å²) in [6.45, 7) is 1.93. The number of methoxy groups -OCH3 is 2.